The van der Waals surface area contributed by atoms with E-state index in [4.69, 9.17) is 4.42 Å². The highest BCUT2D eigenvalue weighted by atomic mass is 16.3. The van der Waals surface area contributed by atoms with Gasteiger partial charge in [-0.2, -0.15) is 0 Å². The monoisotopic (exact) mass is 385 g/mol. The SMILES string of the molecule is c1cnc(-n2c3ccc4ccccc4c3c3ccc4c5ccccc5oc4c32)nc1. The molecule has 140 valence electrons. The summed E-state index contributed by atoms with van der Waals surface area (Å²) in [6.07, 6.45) is 3.56. The number of aromatic nitrogens is 3. The average molecular weight is 385 g/mol. The van der Waals surface area contributed by atoms with E-state index in [9.17, 15) is 0 Å². The van der Waals surface area contributed by atoms with Crippen LogP contribution in [0.15, 0.2) is 95.7 Å². The molecule has 3 aromatic heterocycles. The molecule has 0 unspecified atom stereocenters. The van der Waals surface area contributed by atoms with E-state index in [2.05, 4.69) is 69.1 Å². The summed E-state index contributed by atoms with van der Waals surface area (Å²) in [4.78, 5) is 9.14. The van der Waals surface area contributed by atoms with Gasteiger partial charge in [-0.1, -0.05) is 54.6 Å². The smallest absolute Gasteiger partial charge is 0.234 e. The van der Waals surface area contributed by atoms with Crippen molar-refractivity contribution in [3.8, 4) is 5.95 Å². The Morgan fingerprint density at radius 1 is 0.633 bits per heavy atom. The van der Waals surface area contributed by atoms with Crippen LogP contribution >= 0.6 is 0 Å². The summed E-state index contributed by atoms with van der Waals surface area (Å²) in [7, 11) is 0. The minimum atomic E-state index is 0.640. The minimum absolute atomic E-state index is 0.640. The number of rotatable bonds is 1. The molecule has 4 nitrogen and oxygen atoms in total. The maximum atomic E-state index is 6.39. The largest absolute Gasteiger partial charge is 0.454 e. The molecule has 0 spiro atoms. The van der Waals surface area contributed by atoms with E-state index in [-0.39, 0.29) is 0 Å². The fourth-order valence-corrected chi connectivity index (χ4v) is 4.66. The van der Waals surface area contributed by atoms with Crippen LogP contribution in [0.2, 0.25) is 0 Å². The van der Waals surface area contributed by atoms with Gasteiger partial charge in [-0.3, -0.25) is 4.57 Å². The lowest BCUT2D eigenvalue weighted by atomic mass is 10.0. The van der Waals surface area contributed by atoms with Crippen molar-refractivity contribution < 1.29 is 4.42 Å². The van der Waals surface area contributed by atoms with E-state index in [1.165, 1.54) is 16.2 Å². The molecule has 0 aliphatic carbocycles. The third-order valence-corrected chi connectivity index (χ3v) is 5.91. The zero-order chi connectivity index (χ0) is 19.7. The molecule has 0 atom stereocenters. The quantitative estimate of drug-likeness (QED) is 0.319. The molecule has 0 saturated heterocycles. The lowest BCUT2D eigenvalue weighted by molar-refractivity contribution is 0.670. The Morgan fingerprint density at radius 3 is 2.30 bits per heavy atom. The van der Waals surface area contributed by atoms with Gasteiger partial charge in [0.15, 0.2) is 5.58 Å². The molecule has 0 aliphatic heterocycles. The average Bonchev–Trinajstić information content (AvgIpc) is 3.35. The second kappa shape index (κ2) is 5.67. The van der Waals surface area contributed by atoms with Gasteiger partial charge < -0.3 is 4.42 Å². The van der Waals surface area contributed by atoms with E-state index in [0.29, 0.717) is 5.95 Å². The van der Waals surface area contributed by atoms with Gasteiger partial charge in [0.2, 0.25) is 5.95 Å². The van der Waals surface area contributed by atoms with E-state index in [1.807, 2.05) is 24.3 Å². The Labute approximate surface area is 171 Å². The summed E-state index contributed by atoms with van der Waals surface area (Å²) in [6.45, 7) is 0. The summed E-state index contributed by atoms with van der Waals surface area (Å²) < 4.78 is 8.52. The molecule has 4 aromatic carbocycles. The highest BCUT2D eigenvalue weighted by Crippen LogP contribution is 2.41. The maximum absolute atomic E-state index is 6.39. The maximum Gasteiger partial charge on any atom is 0.234 e. The predicted octanol–water partition coefficient (Wildman–Crippen LogP) is 6.63. The first-order chi connectivity index (χ1) is 14.9. The first-order valence-corrected chi connectivity index (χ1v) is 9.94. The van der Waals surface area contributed by atoms with Crippen LogP contribution in [-0.2, 0) is 0 Å². The number of hydrogen-bond donors (Lipinski definition) is 0. The number of nitrogens with zero attached hydrogens (tertiary/aromatic N) is 3. The number of hydrogen-bond acceptors (Lipinski definition) is 3. The lowest BCUT2D eigenvalue weighted by Gasteiger charge is -2.05. The number of benzene rings is 4. The van der Waals surface area contributed by atoms with Crippen molar-refractivity contribution in [2.75, 3.05) is 0 Å². The first kappa shape index (κ1) is 15.7. The van der Waals surface area contributed by atoms with Gasteiger partial charge in [0.1, 0.15) is 11.1 Å². The van der Waals surface area contributed by atoms with Crippen molar-refractivity contribution in [3.05, 3.63) is 91.3 Å². The van der Waals surface area contributed by atoms with Gasteiger partial charge in [-0.05, 0) is 35.0 Å². The lowest BCUT2D eigenvalue weighted by Crippen LogP contribution is -1.99. The van der Waals surface area contributed by atoms with Crippen molar-refractivity contribution >= 4 is 54.5 Å². The molecule has 0 aliphatic rings. The van der Waals surface area contributed by atoms with Crippen LogP contribution in [0, 0.1) is 0 Å². The molecule has 0 radical (unpaired) electrons. The number of fused-ring (bicyclic) bond motifs is 9. The van der Waals surface area contributed by atoms with Crippen molar-refractivity contribution in [1.29, 1.82) is 0 Å². The van der Waals surface area contributed by atoms with Gasteiger partial charge in [0, 0.05) is 33.9 Å². The van der Waals surface area contributed by atoms with Crippen LogP contribution in [0.3, 0.4) is 0 Å². The first-order valence-electron chi connectivity index (χ1n) is 9.94. The van der Waals surface area contributed by atoms with Gasteiger partial charge in [0.05, 0.1) is 5.52 Å². The molecular formula is C26H15N3O. The normalized spacial score (nSPS) is 12.0. The summed E-state index contributed by atoms with van der Waals surface area (Å²) in [6, 6.07) is 27.2. The summed E-state index contributed by atoms with van der Waals surface area (Å²) in [5.41, 5.74) is 3.82. The topological polar surface area (TPSA) is 43.9 Å². The van der Waals surface area contributed by atoms with E-state index >= 15 is 0 Å². The van der Waals surface area contributed by atoms with Crippen LogP contribution in [0.1, 0.15) is 0 Å². The highest BCUT2D eigenvalue weighted by molar-refractivity contribution is 6.26. The van der Waals surface area contributed by atoms with Crippen molar-refractivity contribution in [2.24, 2.45) is 0 Å². The molecule has 0 N–H and O–H groups in total. The van der Waals surface area contributed by atoms with Gasteiger partial charge in [-0.25, -0.2) is 9.97 Å². The Kier molecular flexibility index (Phi) is 2.97. The van der Waals surface area contributed by atoms with E-state index in [0.717, 1.165) is 38.4 Å². The molecule has 0 amide bonds. The molecule has 7 aromatic rings. The minimum Gasteiger partial charge on any atom is -0.454 e. The number of furan rings is 1. The summed E-state index contributed by atoms with van der Waals surface area (Å²) >= 11 is 0. The van der Waals surface area contributed by atoms with Crippen LogP contribution in [-0.4, -0.2) is 14.5 Å². The number of para-hydroxylation sites is 1. The zero-order valence-electron chi connectivity index (χ0n) is 15.9. The Bertz CT molecular complexity index is 1740. The fourth-order valence-electron chi connectivity index (χ4n) is 4.66. The Balaban J connectivity index is 1.81. The Morgan fingerprint density at radius 2 is 1.40 bits per heavy atom. The predicted molar refractivity (Wildman–Crippen MR) is 121 cm³/mol. The summed E-state index contributed by atoms with van der Waals surface area (Å²) in [5.74, 6) is 0.640. The molecule has 0 saturated carbocycles. The molecule has 7 rings (SSSR count). The second-order valence-electron chi connectivity index (χ2n) is 7.50. The second-order valence-corrected chi connectivity index (χ2v) is 7.50. The molecule has 30 heavy (non-hydrogen) atoms. The third kappa shape index (κ3) is 1.95. The van der Waals surface area contributed by atoms with E-state index in [1.54, 1.807) is 12.4 Å². The van der Waals surface area contributed by atoms with E-state index < -0.39 is 0 Å². The third-order valence-electron chi connectivity index (χ3n) is 5.91. The molecule has 3 heterocycles. The van der Waals surface area contributed by atoms with Crippen molar-refractivity contribution in [1.82, 2.24) is 14.5 Å². The Hall–Kier alpha value is -4.18. The van der Waals surface area contributed by atoms with Gasteiger partial charge in [-0.15, -0.1) is 0 Å². The van der Waals surface area contributed by atoms with Gasteiger partial charge >= 0.3 is 0 Å². The standard InChI is InChI=1S/C26H15N3O/c1-2-7-17-16(6-1)10-13-21-23(17)20-12-11-19-18-8-3-4-9-22(18)30-25(19)24(20)29(21)26-27-14-5-15-28-26/h1-15H. The van der Waals surface area contributed by atoms with Crippen molar-refractivity contribution in [3.63, 3.8) is 0 Å². The molecule has 0 fully saturated rings. The van der Waals surface area contributed by atoms with Crippen LogP contribution in [0.25, 0.3) is 60.5 Å². The molecule has 0 bridgehead atoms. The van der Waals surface area contributed by atoms with Gasteiger partial charge in [0.25, 0.3) is 0 Å². The van der Waals surface area contributed by atoms with Crippen LogP contribution in [0.5, 0.6) is 0 Å². The van der Waals surface area contributed by atoms with Crippen molar-refractivity contribution in [2.45, 2.75) is 0 Å². The summed E-state index contributed by atoms with van der Waals surface area (Å²) in [5, 5.41) is 6.97. The molecular weight excluding hydrogens is 370 g/mol. The molecule has 4 heteroatoms. The van der Waals surface area contributed by atoms with Crippen LogP contribution < -0.4 is 0 Å². The van der Waals surface area contributed by atoms with Crippen LogP contribution in [0.4, 0.5) is 0 Å². The fraction of sp³-hybridized carbons (Fsp3) is 0. The zero-order valence-corrected chi connectivity index (χ0v) is 15.9. The highest BCUT2D eigenvalue weighted by Gasteiger charge is 2.21.